The third-order valence-electron chi connectivity index (χ3n) is 4.07. The van der Waals surface area contributed by atoms with Gasteiger partial charge in [0.05, 0.1) is 0 Å². The summed E-state index contributed by atoms with van der Waals surface area (Å²) in [6.45, 7) is 2.84. The first-order valence-electron chi connectivity index (χ1n) is 7.88. The third-order valence-corrected chi connectivity index (χ3v) is 4.07. The van der Waals surface area contributed by atoms with Crippen LogP contribution in [0.5, 0.6) is 0 Å². The number of piperidine rings is 1. The molecule has 0 spiro atoms. The van der Waals surface area contributed by atoms with Crippen molar-refractivity contribution in [3.63, 3.8) is 0 Å². The Morgan fingerprint density at radius 1 is 1.32 bits per heavy atom. The third kappa shape index (κ3) is 4.16. The van der Waals surface area contributed by atoms with Gasteiger partial charge in [-0.15, -0.1) is 0 Å². The van der Waals surface area contributed by atoms with Gasteiger partial charge in [0.15, 0.2) is 0 Å². The first-order chi connectivity index (χ1) is 11.8. The Bertz CT molecular complexity index is 743. The van der Waals surface area contributed by atoms with Crippen molar-refractivity contribution < 1.29 is 22.5 Å². The second-order valence-electron chi connectivity index (χ2n) is 6.06. The number of hydrogen-bond donors (Lipinski definition) is 2. The number of hydrogen-bond acceptors (Lipinski definition) is 5. The van der Waals surface area contributed by atoms with Gasteiger partial charge in [-0.05, 0) is 50.6 Å². The lowest BCUT2D eigenvalue weighted by molar-refractivity contribution is -0.159. The van der Waals surface area contributed by atoms with Crippen LogP contribution in [0, 0.1) is 5.92 Å². The normalized spacial score (nSPS) is 21.1. The van der Waals surface area contributed by atoms with E-state index in [1.54, 1.807) is 12.1 Å². The van der Waals surface area contributed by atoms with Gasteiger partial charge < -0.3 is 15.2 Å². The molecular weight excluding hydrogens is 337 g/mol. The van der Waals surface area contributed by atoms with Gasteiger partial charge >= 0.3 is 12.1 Å². The average molecular weight is 354 g/mol. The summed E-state index contributed by atoms with van der Waals surface area (Å²) in [6.07, 6.45) is -3.13. The number of aromatic nitrogens is 2. The predicted molar refractivity (Wildman–Crippen MR) is 83.6 cm³/mol. The van der Waals surface area contributed by atoms with Crippen LogP contribution in [0.1, 0.15) is 25.7 Å². The molecule has 0 unspecified atom stereocenters. The summed E-state index contributed by atoms with van der Waals surface area (Å²) in [7, 11) is 0. The number of alkyl halides is 3. The van der Waals surface area contributed by atoms with Crippen molar-refractivity contribution in [2.45, 2.75) is 32.0 Å². The number of carbonyl (C=O) groups excluding carboxylic acids is 1. The van der Waals surface area contributed by atoms with Crippen LogP contribution in [0.15, 0.2) is 28.8 Å². The Morgan fingerprint density at radius 3 is 2.64 bits per heavy atom. The fourth-order valence-electron chi connectivity index (χ4n) is 2.77. The highest BCUT2D eigenvalue weighted by molar-refractivity contribution is 5.92. The van der Waals surface area contributed by atoms with Gasteiger partial charge in [0.25, 0.3) is 0 Å². The molecule has 3 rings (SSSR count). The van der Waals surface area contributed by atoms with Crippen molar-refractivity contribution in [1.82, 2.24) is 15.5 Å². The molecule has 25 heavy (non-hydrogen) atoms. The highest BCUT2D eigenvalue weighted by Crippen LogP contribution is 2.29. The van der Waals surface area contributed by atoms with Gasteiger partial charge in [0.2, 0.25) is 11.7 Å². The van der Waals surface area contributed by atoms with Crippen molar-refractivity contribution in [2.75, 3.05) is 11.9 Å². The molecule has 1 aromatic heterocycles. The standard InChI is InChI=1S/C16H17F3N4O2/c1-9-8-11(6-7-20-9)14(24)21-12-4-2-10(3-5-12)13-22-15(25-23-13)16(17,18)19/h2-5,9,11,20H,6-8H2,1H3,(H,21,24)/t9-,11-/m0/s1. The van der Waals surface area contributed by atoms with Crippen LogP contribution in [0.25, 0.3) is 11.4 Å². The fraction of sp³-hybridized carbons (Fsp3) is 0.438. The Balaban J connectivity index is 1.66. The van der Waals surface area contributed by atoms with E-state index in [0.717, 1.165) is 19.4 Å². The molecular formula is C16H17F3N4O2. The average Bonchev–Trinajstić information content (AvgIpc) is 3.06. The lowest BCUT2D eigenvalue weighted by Gasteiger charge is -2.27. The fourth-order valence-corrected chi connectivity index (χ4v) is 2.77. The maximum atomic E-state index is 12.5. The molecule has 2 atom stereocenters. The number of carbonyl (C=O) groups is 1. The van der Waals surface area contributed by atoms with E-state index in [-0.39, 0.29) is 17.6 Å². The zero-order valence-corrected chi connectivity index (χ0v) is 13.4. The van der Waals surface area contributed by atoms with Crippen LogP contribution < -0.4 is 10.6 Å². The molecule has 2 aromatic rings. The molecule has 2 N–H and O–H groups in total. The van der Waals surface area contributed by atoms with Gasteiger partial charge in [-0.25, -0.2) is 0 Å². The maximum absolute atomic E-state index is 12.5. The van der Waals surface area contributed by atoms with Crippen molar-refractivity contribution >= 4 is 11.6 Å². The molecule has 0 bridgehead atoms. The van der Waals surface area contributed by atoms with Gasteiger partial charge in [-0.1, -0.05) is 5.16 Å². The zero-order valence-electron chi connectivity index (χ0n) is 13.4. The summed E-state index contributed by atoms with van der Waals surface area (Å²) in [5.74, 6) is -1.65. The van der Waals surface area contributed by atoms with Gasteiger partial charge in [0.1, 0.15) is 0 Å². The minimum Gasteiger partial charge on any atom is -0.329 e. The van der Waals surface area contributed by atoms with Gasteiger partial charge in [-0.2, -0.15) is 18.2 Å². The molecule has 1 saturated heterocycles. The molecule has 0 radical (unpaired) electrons. The van der Waals surface area contributed by atoms with Crippen molar-refractivity contribution in [2.24, 2.45) is 5.92 Å². The molecule has 1 fully saturated rings. The Kier molecular flexibility index (Phi) is 4.76. The molecule has 6 nitrogen and oxygen atoms in total. The van der Waals surface area contributed by atoms with Gasteiger partial charge in [0, 0.05) is 23.2 Å². The lowest BCUT2D eigenvalue weighted by Crippen LogP contribution is -2.40. The van der Waals surface area contributed by atoms with E-state index >= 15 is 0 Å². The van der Waals surface area contributed by atoms with E-state index in [1.165, 1.54) is 12.1 Å². The largest absolute Gasteiger partial charge is 0.471 e. The summed E-state index contributed by atoms with van der Waals surface area (Å²) in [5, 5.41) is 9.44. The second kappa shape index (κ2) is 6.83. The number of amides is 1. The number of rotatable bonds is 3. The summed E-state index contributed by atoms with van der Waals surface area (Å²) in [6, 6.07) is 6.56. The summed E-state index contributed by atoms with van der Waals surface area (Å²) in [5.41, 5.74) is 0.937. The molecule has 0 aliphatic carbocycles. The first-order valence-corrected chi connectivity index (χ1v) is 7.88. The monoisotopic (exact) mass is 354 g/mol. The van der Waals surface area contributed by atoms with E-state index in [9.17, 15) is 18.0 Å². The van der Waals surface area contributed by atoms with Crippen molar-refractivity contribution in [1.29, 1.82) is 0 Å². The number of halogens is 3. The quantitative estimate of drug-likeness (QED) is 0.885. The van der Waals surface area contributed by atoms with E-state index in [1.807, 2.05) is 6.92 Å². The minimum absolute atomic E-state index is 0.0533. The highest BCUT2D eigenvalue weighted by Gasteiger charge is 2.38. The molecule has 1 aromatic carbocycles. The van der Waals surface area contributed by atoms with Crippen molar-refractivity contribution in [3.8, 4) is 11.4 Å². The molecule has 0 saturated carbocycles. The summed E-state index contributed by atoms with van der Waals surface area (Å²) < 4.78 is 41.6. The van der Waals surface area contributed by atoms with Crippen LogP contribution in [0.2, 0.25) is 0 Å². The SMILES string of the molecule is C[C@H]1C[C@@H](C(=O)Nc2ccc(-c3noc(C(F)(F)F)n3)cc2)CCN1. The topological polar surface area (TPSA) is 80.1 Å². The minimum atomic E-state index is -4.68. The number of nitrogens with one attached hydrogen (secondary N) is 2. The Labute approximate surface area is 141 Å². The smallest absolute Gasteiger partial charge is 0.329 e. The molecule has 1 amide bonds. The Hall–Kier alpha value is -2.42. The molecule has 9 heteroatoms. The van der Waals surface area contributed by atoms with E-state index in [0.29, 0.717) is 17.3 Å². The molecule has 2 heterocycles. The molecule has 1 aliphatic heterocycles. The van der Waals surface area contributed by atoms with E-state index in [4.69, 9.17) is 0 Å². The predicted octanol–water partition coefficient (Wildman–Crippen LogP) is 3.08. The number of anilines is 1. The number of nitrogens with zero attached hydrogens (tertiary/aromatic N) is 2. The van der Waals surface area contributed by atoms with Crippen LogP contribution in [-0.4, -0.2) is 28.6 Å². The van der Waals surface area contributed by atoms with Crippen LogP contribution >= 0.6 is 0 Å². The van der Waals surface area contributed by atoms with Crippen LogP contribution in [0.3, 0.4) is 0 Å². The summed E-state index contributed by atoms with van der Waals surface area (Å²) >= 11 is 0. The lowest BCUT2D eigenvalue weighted by atomic mass is 9.92. The van der Waals surface area contributed by atoms with E-state index in [2.05, 4.69) is 25.3 Å². The van der Waals surface area contributed by atoms with Crippen LogP contribution in [-0.2, 0) is 11.0 Å². The maximum Gasteiger partial charge on any atom is 0.471 e. The van der Waals surface area contributed by atoms with E-state index < -0.39 is 12.1 Å². The van der Waals surface area contributed by atoms with Crippen molar-refractivity contribution in [3.05, 3.63) is 30.2 Å². The molecule has 134 valence electrons. The van der Waals surface area contributed by atoms with Crippen LogP contribution in [0.4, 0.5) is 18.9 Å². The second-order valence-corrected chi connectivity index (χ2v) is 6.06. The summed E-state index contributed by atoms with van der Waals surface area (Å²) in [4.78, 5) is 15.6. The highest BCUT2D eigenvalue weighted by atomic mass is 19.4. The Morgan fingerprint density at radius 2 is 2.04 bits per heavy atom. The number of benzene rings is 1. The van der Waals surface area contributed by atoms with Gasteiger partial charge in [-0.3, -0.25) is 4.79 Å². The molecule has 1 aliphatic rings. The first kappa shape index (κ1) is 17.4. The zero-order chi connectivity index (χ0) is 18.0.